The van der Waals surface area contributed by atoms with Gasteiger partial charge in [0.15, 0.2) is 11.5 Å². The van der Waals surface area contributed by atoms with Crippen molar-refractivity contribution in [1.82, 2.24) is 0 Å². The molecule has 0 heterocycles. The van der Waals surface area contributed by atoms with Gasteiger partial charge in [0.1, 0.15) is 5.75 Å². The maximum Gasteiger partial charge on any atom is 0.294 e. The van der Waals surface area contributed by atoms with Crippen molar-refractivity contribution in [2.45, 2.75) is 69.6 Å². The second-order valence-corrected chi connectivity index (χ2v) is 8.50. The lowest BCUT2D eigenvalue weighted by Crippen LogP contribution is -1.97. The number of ether oxygens (including phenoxy) is 1. The highest BCUT2D eigenvalue weighted by Gasteiger charge is 2.10. The molecule has 0 saturated carbocycles. The Morgan fingerprint density at radius 1 is 0.857 bits per heavy atom. The number of aromatic hydroxyl groups is 1. The van der Waals surface area contributed by atoms with Crippen molar-refractivity contribution in [2.24, 2.45) is 0 Å². The number of hydrogen-bond donors (Lipinski definition) is 2. The van der Waals surface area contributed by atoms with Crippen molar-refractivity contribution >= 4 is 10.1 Å². The van der Waals surface area contributed by atoms with E-state index >= 15 is 0 Å². The summed E-state index contributed by atoms with van der Waals surface area (Å²) < 4.78 is 36.7. The van der Waals surface area contributed by atoms with E-state index in [0.29, 0.717) is 11.5 Å². The summed E-state index contributed by atoms with van der Waals surface area (Å²) in [6, 6.07) is 10.7. The molecule has 154 valence electrons. The number of benzene rings is 2. The molecule has 0 aliphatic heterocycles. The van der Waals surface area contributed by atoms with Crippen LogP contribution in [0.2, 0.25) is 0 Å². The van der Waals surface area contributed by atoms with Gasteiger partial charge in [0, 0.05) is 0 Å². The molecule has 5 nitrogen and oxygen atoms in total. The minimum absolute atomic E-state index is 0.0518. The summed E-state index contributed by atoms with van der Waals surface area (Å²) in [7, 11) is -4.23. The van der Waals surface area contributed by atoms with Gasteiger partial charge in [-0.25, -0.2) is 0 Å². The normalized spacial score (nSPS) is 11.5. The minimum Gasteiger partial charge on any atom is -0.504 e. The maximum atomic E-state index is 11.1. The van der Waals surface area contributed by atoms with Crippen LogP contribution in [-0.4, -0.2) is 18.1 Å². The van der Waals surface area contributed by atoms with Gasteiger partial charge in [-0.15, -0.1) is 0 Å². The molecule has 0 bridgehead atoms. The van der Waals surface area contributed by atoms with Crippen molar-refractivity contribution in [2.75, 3.05) is 0 Å². The van der Waals surface area contributed by atoms with Gasteiger partial charge in [0.2, 0.25) is 0 Å². The zero-order valence-electron chi connectivity index (χ0n) is 16.4. The Bertz CT molecular complexity index is 829. The lowest BCUT2D eigenvalue weighted by molar-refractivity contribution is 0.410. The molecule has 0 atom stereocenters. The molecule has 0 saturated heterocycles. The van der Waals surface area contributed by atoms with Crippen LogP contribution in [0.5, 0.6) is 17.2 Å². The van der Waals surface area contributed by atoms with E-state index in [1.807, 2.05) is 6.07 Å². The van der Waals surface area contributed by atoms with Crippen molar-refractivity contribution in [1.29, 1.82) is 0 Å². The van der Waals surface area contributed by atoms with Crippen LogP contribution in [0.25, 0.3) is 0 Å². The highest BCUT2D eigenvalue weighted by Crippen LogP contribution is 2.32. The summed E-state index contributed by atoms with van der Waals surface area (Å²) in [4.78, 5) is -0.204. The van der Waals surface area contributed by atoms with Crippen molar-refractivity contribution < 1.29 is 22.8 Å². The number of phenolic OH excluding ortho intramolecular Hbond substituents is 1. The summed E-state index contributed by atoms with van der Waals surface area (Å²) >= 11 is 0. The SMILES string of the molecule is CCCCCCCCCCc1ccc(Oc2ccc(S(=O)(=O)O)cc2)c(O)c1. The van der Waals surface area contributed by atoms with E-state index in [-0.39, 0.29) is 10.6 Å². The first kappa shape index (κ1) is 22.2. The molecule has 2 N–H and O–H groups in total. The van der Waals surface area contributed by atoms with E-state index in [4.69, 9.17) is 9.29 Å². The van der Waals surface area contributed by atoms with Gasteiger partial charge < -0.3 is 9.84 Å². The Hall–Kier alpha value is -2.05. The second kappa shape index (κ2) is 11.1. The van der Waals surface area contributed by atoms with Crippen LogP contribution in [0.4, 0.5) is 0 Å². The molecule has 2 rings (SSSR count). The Balaban J connectivity index is 1.80. The van der Waals surface area contributed by atoms with Crippen molar-refractivity contribution in [3.63, 3.8) is 0 Å². The van der Waals surface area contributed by atoms with Crippen LogP contribution in [0.15, 0.2) is 47.4 Å². The van der Waals surface area contributed by atoms with Gasteiger partial charge in [-0.1, -0.05) is 57.9 Å². The smallest absolute Gasteiger partial charge is 0.294 e. The topological polar surface area (TPSA) is 83.8 Å². The second-order valence-electron chi connectivity index (χ2n) is 7.08. The maximum absolute atomic E-state index is 11.1. The molecular formula is C22H30O5S. The first-order valence-electron chi connectivity index (χ1n) is 9.97. The zero-order chi connectivity index (χ0) is 20.4. The molecular weight excluding hydrogens is 376 g/mol. The Morgan fingerprint density at radius 3 is 2.04 bits per heavy atom. The van der Waals surface area contributed by atoms with E-state index in [1.54, 1.807) is 12.1 Å². The molecule has 0 aromatic heterocycles. The van der Waals surface area contributed by atoms with Crippen molar-refractivity contribution in [3.8, 4) is 17.2 Å². The zero-order valence-corrected chi connectivity index (χ0v) is 17.2. The molecule has 0 aliphatic rings. The molecule has 0 unspecified atom stereocenters. The molecule has 2 aromatic rings. The summed E-state index contributed by atoms with van der Waals surface area (Å²) in [6.07, 6.45) is 11.1. The summed E-state index contributed by atoms with van der Waals surface area (Å²) in [5.41, 5.74) is 1.07. The largest absolute Gasteiger partial charge is 0.504 e. The molecule has 6 heteroatoms. The Labute approximate surface area is 168 Å². The quantitative estimate of drug-likeness (QED) is 0.328. The van der Waals surface area contributed by atoms with Crippen LogP contribution in [0, 0.1) is 0 Å². The first-order chi connectivity index (χ1) is 13.4. The van der Waals surface area contributed by atoms with Gasteiger partial charge in [0.05, 0.1) is 4.90 Å². The molecule has 0 fully saturated rings. The molecule has 0 spiro atoms. The Kier molecular flexibility index (Phi) is 8.80. The van der Waals surface area contributed by atoms with Crippen molar-refractivity contribution in [3.05, 3.63) is 48.0 Å². The fourth-order valence-corrected chi connectivity index (χ4v) is 3.55. The van der Waals surface area contributed by atoms with Crippen LogP contribution in [0.1, 0.15) is 63.9 Å². The Morgan fingerprint density at radius 2 is 1.46 bits per heavy atom. The van der Waals surface area contributed by atoms with E-state index in [1.165, 1.54) is 69.2 Å². The van der Waals surface area contributed by atoms with Gasteiger partial charge in [0.25, 0.3) is 10.1 Å². The number of unbranched alkanes of at least 4 members (excludes halogenated alkanes) is 7. The standard InChI is InChI=1S/C22H30O5S/c1-2-3-4-5-6-7-8-9-10-18-11-16-22(21(23)17-18)27-19-12-14-20(15-13-19)28(24,25)26/h11-17,23H,2-10H2,1H3,(H,24,25,26). The van der Waals surface area contributed by atoms with Gasteiger partial charge in [-0.3, -0.25) is 4.55 Å². The number of phenols is 1. The average molecular weight is 407 g/mol. The lowest BCUT2D eigenvalue weighted by atomic mass is 10.0. The molecule has 0 radical (unpaired) electrons. The van der Waals surface area contributed by atoms with Gasteiger partial charge in [-0.2, -0.15) is 8.42 Å². The van der Waals surface area contributed by atoms with E-state index in [9.17, 15) is 13.5 Å². The molecule has 28 heavy (non-hydrogen) atoms. The third kappa shape index (κ3) is 7.52. The number of aryl methyl sites for hydroxylation is 1. The molecule has 0 amide bonds. The van der Waals surface area contributed by atoms with Crippen LogP contribution in [0.3, 0.4) is 0 Å². The third-order valence-corrected chi connectivity index (χ3v) is 5.56. The average Bonchev–Trinajstić information content (AvgIpc) is 2.66. The predicted molar refractivity (Wildman–Crippen MR) is 111 cm³/mol. The summed E-state index contributed by atoms with van der Waals surface area (Å²) in [5.74, 6) is 0.730. The van der Waals surface area contributed by atoms with Crippen LogP contribution in [-0.2, 0) is 16.5 Å². The number of hydrogen-bond acceptors (Lipinski definition) is 4. The van der Waals surface area contributed by atoms with Gasteiger partial charge in [-0.05, 0) is 54.8 Å². The number of rotatable bonds is 12. The van der Waals surface area contributed by atoms with Crippen LogP contribution < -0.4 is 4.74 Å². The van der Waals surface area contributed by atoms with Crippen LogP contribution >= 0.6 is 0 Å². The summed E-state index contributed by atoms with van der Waals surface area (Å²) in [6.45, 7) is 2.23. The minimum atomic E-state index is -4.23. The highest BCUT2D eigenvalue weighted by molar-refractivity contribution is 7.85. The first-order valence-corrected chi connectivity index (χ1v) is 11.4. The molecule has 0 aliphatic carbocycles. The lowest BCUT2D eigenvalue weighted by Gasteiger charge is -2.10. The van der Waals surface area contributed by atoms with E-state index in [2.05, 4.69) is 6.92 Å². The molecule has 2 aromatic carbocycles. The predicted octanol–water partition coefficient (Wildman–Crippen LogP) is 6.11. The third-order valence-electron chi connectivity index (χ3n) is 4.69. The highest BCUT2D eigenvalue weighted by atomic mass is 32.2. The summed E-state index contributed by atoms with van der Waals surface area (Å²) in [5, 5.41) is 10.2. The monoisotopic (exact) mass is 406 g/mol. The van der Waals surface area contributed by atoms with E-state index in [0.717, 1.165) is 18.4 Å². The van der Waals surface area contributed by atoms with Gasteiger partial charge >= 0.3 is 0 Å². The fraction of sp³-hybridized carbons (Fsp3) is 0.455. The van der Waals surface area contributed by atoms with E-state index < -0.39 is 10.1 Å². The fourth-order valence-electron chi connectivity index (χ4n) is 3.07.